The highest BCUT2D eigenvalue weighted by atomic mass is 35.5. The number of rotatable bonds is 3. The van der Waals surface area contributed by atoms with Gasteiger partial charge in [0.05, 0.1) is 0 Å². The lowest BCUT2D eigenvalue weighted by atomic mass is 10.0. The Morgan fingerprint density at radius 2 is 2.00 bits per heavy atom. The van der Waals surface area contributed by atoms with Gasteiger partial charge in [-0.25, -0.2) is 0 Å². The van der Waals surface area contributed by atoms with Crippen molar-refractivity contribution in [1.29, 1.82) is 0 Å². The molecule has 0 spiro atoms. The van der Waals surface area contributed by atoms with Crippen molar-refractivity contribution < 1.29 is 14.3 Å². The maximum absolute atomic E-state index is 13.3. The van der Waals surface area contributed by atoms with Gasteiger partial charge in [0.2, 0.25) is 0 Å². The molecular weight excluding hydrogens is 402 g/mol. The molecule has 2 aliphatic rings. The average molecular weight is 426 g/mol. The van der Waals surface area contributed by atoms with E-state index in [9.17, 15) is 4.79 Å². The monoisotopic (exact) mass is 425 g/mol. The molecule has 1 atom stereocenters. The Balaban J connectivity index is 1.32. The van der Waals surface area contributed by atoms with Crippen LogP contribution in [0.3, 0.4) is 0 Å². The Morgan fingerprint density at radius 3 is 2.87 bits per heavy atom. The Kier molecular flexibility index (Phi) is 4.95. The third kappa shape index (κ3) is 3.56. The molecule has 1 unspecified atom stereocenters. The number of carbonyl (C=O) groups is 1. The molecule has 2 aromatic carbocycles. The van der Waals surface area contributed by atoms with Crippen molar-refractivity contribution in [2.24, 2.45) is 0 Å². The number of carbonyl (C=O) groups excluding carboxylic acids is 1. The van der Waals surface area contributed by atoms with Crippen LogP contribution < -0.4 is 14.8 Å². The molecule has 1 fully saturated rings. The molecule has 0 radical (unpaired) electrons. The quantitative estimate of drug-likeness (QED) is 0.642. The van der Waals surface area contributed by atoms with Crippen LogP contribution in [0.1, 0.15) is 28.9 Å². The number of aryl methyl sites for hydroxylation is 1. The van der Waals surface area contributed by atoms with Crippen LogP contribution in [0.4, 0.5) is 5.69 Å². The SMILES string of the molecule is Cc1c(C(=O)N2CCCC(Nc3ccc4c(c3)OCCO4)C2)[nH]c2ccc(Cl)cc12. The fraction of sp³-hybridized carbons (Fsp3) is 0.348. The number of nitrogens with zero attached hydrogens (tertiary/aromatic N) is 1. The highest BCUT2D eigenvalue weighted by molar-refractivity contribution is 6.31. The number of anilines is 1. The molecule has 3 heterocycles. The van der Waals surface area contributed by atoms with E-state index in [2.05, 4.69) is 10.3 Å². The second-order valence-electron chi connectivity index (χ2n) is 7.91. The number of amides is 1. The first-order chi connectivity index (χ1) is 14.6. The highest BCUT2D eigenvalue weighted by Gasteiger charge is 2.27. The predicted molar refractivity (Wildman–Crippen MR) is 118 cm³/mol. The molecular formula is C23H24ClN3O3. The molecule has 0 saturated carbocycles. The minimum atomic E-state index is 0.0356. The van der Waals surface area contributed by atoms with Gasteiger partial charge in [-0.1, -0.05) is 11.6 Å². The van der Waals surface area contributed by atoms with E-state index in [0.29, 0.717) is 30.5 Å². The lowest BCUT2D eigenvalue weighted by Gasteiger charge is -2.34. The minimum absolute atomic E-state index is 0.0356. The predicted octanol–water partition coefficient (Wildman–Crippen LogP) is 4.62. The van der Waals surface area contributed by atoms with Gasteiger partial charge < -0.3 is 24.7 Å². The van der Waals surface area contributed by atoms with Crippen LogP contribution in [0.25, 0.3) is 10.9 Å². The zero-order valence-corrected chi connectivity index (χ0v) is 17.6. The molecule has 3 aromatic rings. The summed E-state index contributed by atoms with van der Waals surface area (Å²) < 4.78 is 11.3. The summed E-state index contributed by atoms with van der Waals surface area (Å²) in [6.45, 7) is 4.53. The van der Waals surface area contributed by atoms with Gasteiger partial charge in [0.25, 0.3) is 5.91 Å². The van der Waals surface area contributed by atoms with Gasteiger partial charge in [0.15, 0.2) is 11.5 Å². The summed E-state index contributed by atoms with van der Waals surface area (Å²) in [7, 11) is 0. The summed E-state index contributed by atoms with van der Waals surface area (Å²) in [5.41, 5.74) is 3.50. The molecule has 156 valence electrons. The van der Waals surface area contributed by atoms with Crippen molar-refractivity contribution in [2.45, 2.75) is 25.8 Å². The molecule has 30 heavy (non-hydrogen) atoms. The fourth-order valence-electron chi connectivity index (χ4n) is 4.32. The number of hydrogen-bond donors (Lipinski definition) is 2. The van der Waals surface area contributed by atoms with Crippen molar-refractivity contribution in [3.63, 3.8) is 0 Å². The molecule has 6 nitrogen and oxygen atoms in total. The van der Waals surface area contributed by atoms with Crippen LogP contribution in [-0.4, -0.2) is 48.1 Å². The maximum Gasteiger partial charge on any atom is 0.270 e. The normalized spacial score (nSPS) is 18.5. The summed E-state index contributed by atoms with van der Waals surface area (Å²) in [5.74, 6) is 1.58. The highest BCUT2D eigenvalue weighted by Crippen LogP contribution is 2.33. The van der Waals surface area contributed by atoms with Crippen LogP contribution in [0.5, 0.6) is 11.5 Å². The zero-order chi connectivity index (χ0) is 20.7. The summed E-state index contributed by atoms with van der Waals surface area (Å²) in [6.07, 6.45) is 1.97. The summed E-state index contributed by atoms with van der Waals surface area (Å²) in [6, 6.07) is 11.8. The molecule has 1 aromatic heterocycles. The van der Waals surface area contributed by atoms with Crippen molar-refractivity contribution in [3.8, 4) is 11.5 Å². The zero-order valence-electron chi connectivity index (χ0n) is 16.8. The van der Waals surface area contributed by atoms with E-state index >= 15 is 0 Å². The molecule has 2 N–H and O–H groups in total. The van der Waals surface area contributed by atoms with E-state index in [-0.39, 0.29) is 11.9 Å². The Morgan fingerprint density at radius 1 is 1.17 bits per heavy atom. The third-order valence-corrected chi connectivity index (χ3v) is 6.09. The number of likely N-dealkylation sites (tertiary alicyclic amines) is 1. The first-order valence-corrected chi connectivity index (χ1v) is 10.7. The smallest absolute Gasteiger partial charge is 0.270 e. The number of halogens is 1. The van der Waals surface area contributed by atoms with E-state index in [4.69, 9.17) is 21.1 Å². The number of H-pyrrole nitrogens is 1. The van der Waals surface area contributed by atoms with E-state index < -0.39 is 0 Å². The maximum atomic E-state index is 13.3. The number of fused-ring (bicyclic) bond motifs is 2. The molecule has 0 bridgehead atoms. The third-order valence-electron chi connectivity index (χ3n) is 5.86. The molecule has 5 rings (SSSR count). The molecule has 1 amide bonds. The van der Waals surface area contributed by atoms with Gasteiger partial charge >= 0.3 is 0 Å². The lowest BCUT2D eigenvalue weighted by molar-refractivity contribution is 0.0709. The van der Waals surface area contributed by atoms with Crippen molar-refractivity contribution in [2.75, 3.05) is 31.6 Å². The number of piperidine rings is 1. The van der Waals surface area contributed by atoms with Gasteiger partial charge in [0, 0.05) is 46.8 Å². The second kappa shape index (κ2) is 7.76. The first kappa shape index (κ1) is 19.1. The van der Waals surface area contributed by atoms with E-state index in [1.165, 1.54) is 0 Å². The van der Waals surface area contributed by atoms with E-state index in [1.807, 2.05) is 48.2 Å². The van der Waals surface area contributed by atoms with Crippen LogP contribution >= 0.6 is 11.6 Å². The average Bonchev–Trinajstić information content (AvgIpc) is 3.09. The topological polar surface area (TPSA) is 66.6 Å². The largest absolute Gasteiger partial charge is 0.486 e. The van der Waals surface area contributed by atoms with Crippen LogP contribution in [-0.2, 0) is 0 Å². The second-order valence-corrected chi connectivity index (χ2v) is 8.34. The molecule has 7 heteroatoms. The lowest BCUT2D eigenvalue weighted by Crippen LogP contribution is -2.45. The number of nitrogens with one attached hydrogen (secondary N) is 2. The summed E-state index contributed by atoms with van der Waals surface area (Å²) in [4.78, 5) is 18.5. The Bertz CT molecular complexity index is 1110. The van der Waals surface area contributed by atoms with Crippen LogP contribution in [0.15, 0.2) is 36.4 Å². The van der Waals surface area contributed by atoms with Gasteiger partial charge in [-0.15, -0.1) is 0 Å². The van der Waals surface area contributed by atoms with Crippen molar-refractivity contribution >= 4 is 34.1 Å². The standard InChI is InChI=1S/C23H24ClN3O3/c1-14-18-11-15(24)4-6-19(18)26-22(14)23(28)27-8-2-3-17(13-27)25-16-5-7-20-21(12-16)30-10-9-29-20/h4-7,11-12,17,25-26H,2-3,8-10,13H2,1H3. The molecule has 0 aliphatic carbocycles. The van der Waals surface area contributed by atoms with Gasteiger partial charge in [-0.05, 0) is 55.7 Å². The Labute approximate surface area is 180 Å². The van der Waals surface area contributed by atoms with E-state index in [0.717, 1.165) is 53.0 Å². The fourth-order valence-corrected chi connectivity index (χ4v) is 4.49. The molecule has 1 saturated heterocycles. The Hall–Kier alpha value is -2.86. The first-order valence-electron chi connectivity index (χ1n) is 10.3. The number of aromatic amines is 1. The number of aromatic nitrogens is 1. The summed E-state index contributed by atoms with van der Waals surface area (Å²) >= 11 is 6.13. The minimum Gasteiger partial charge on any atom is -0.486 e. The van der Waals surface area contributed by atoms with Gasteiger partial charge in [0.1, 0.15) is 18.9 Å². The van der Waals surface area contributed by atoms with Crippen LogP contribution in [0.2, 0.25) is 5.02 Å². The number of ether oxygens (including phenoxy) is 2. The van der Waals surface area contributed by atoms with Crippen LogP contribution in [0, 0.1) is 6.92 Å². The van der Waals surface area contributed by atoms with Crippen molar-refractivity contribution in [3.05, 3.63) is 52.7 Å². The molecule has 2 aliphatic heterocycles. The number of hydrogen-bond acceptors (Lipinski definition) is 4. The van der Waals surface area contributed by atoms with Gasteiger partial charge in [-0.3, -0.25) is 4.79 Å². The van der Waals surface area contributed by atoms with Crippen molar-refractivity contribution in [1.82, 2.24) is 9.88 Å². The van der Waals surface area contributed by atoms with Gasteiger partial charge in [-0.2, -0.15) is 0 Å². The van der Waals surface area contributed by atoms with E-state index in [1.54, 1.807) is 0 Å². The summed E-state index contributed by atoms with van der Waals surface area (Å²) in [5, 5.41) is 5.22. The number of benzene rings is 2.